The van der Waals surface area contributed by atoms with Gasteiger partial charge in [-0.25, -0.2) is 0 Å². The SMILES string of the molecule is C=CC(Cl)CCC. The Labute approximate surface area is 50.2 Å². The number of alkyl halides is 1. The van der Waals surface area contributed by atoms with Gasteiger partial charge in [-0.3, -0.25) is 0 Å². The minimum Gasteiger partial charge on any atom is -0.118 e. The van der Waals surface area contributed by atoms with Gasteiger partial charge in [0.1, 0.15) is 0 Å². The molecule has 0 aromatic heterocycles. The first-order chi connectivity index (χ1) is 3.31. The molecule has 0 radical (unpaired) electrons. The van der Waals surface area contributed by atoms with Crippen LogP contribution in [-0.4, -0.2) is 5.38 Å². The summed E-state index contributed by atoms with van der Waals surface area (Å²) in [5.74, 6) is 0. The molecule has 0 nitrogen and oxygen atoms in total. The maximum atomic E-state index is 5.65. The van der Waals surface area contributed by atoms with Gasteiger partial charge in [0.15, 0.2) is 0 Å². The molecular formula is C6H11Cl. The minimum absolute atomic E-state index is 0.185. The molecule has 0 N–H and O–H groups in total. The van der Waals surface area contributed by atoms with Gasteiger partial charge in [-0.15, -0.1) is 18.2 Å². The Morgan fingerprint density at radius 1 is 1.86 bits per heavy atom. The predicted octanol–water partition coefficient (Wildman–Crippen LogP) is 2.58. The summed E-state index contributed by atoms with van der Waals surface area (Å²) >= 11 is 5.65. The summed E-state index contributed by atoms with van der Waals surface area (Å²) in [4.78, 5) is 0. The van der Waals surface area contributed by atoms with Crippen LogP contribution in [0.1, 0.15) is 19.8 Å². The highest BCUT2D eigenvalue weighted by atomic mass is 35.5. The highest BCUT2D eigenvalue weighted by Gasteiger charge is 1.91. The molecule has 1 atom stereocenters. The number of hydrogen-bond donors (Lipinski definition) is 0. The van der Waals surface area contributed by atoms with Crippen molar-refractivity contribution in [1.82, 2.24) is 0 Å². The molecule has 1 heteroatoms. The average molecular weight is 119 g/mol. The Kier molecular flexibility index (Phi) is 4.21. The van der Waals surface area contributed by atoms with Crippen LogP contribution in [0.3, 0.4) is 0 Å². The van der Waals surface area contributed by atoms with Crippen molar-refractivity contribution in [2.45, 2.75) is 25.1 Å². The molecule has 0 heterocycles. The molecule has 7 heavy (non-hydrogen) atoms. The second-order valence-electron chi connectivity index (χ2n) is 1.54. The van der Waals surface area contributed by atoms with E-state index in [1.165, 1.54) is 0 Å². The molecule has 0 fully saturated rings. The zero-order chi connectivity index (χ0) is 5.70. The fourth-order valence-corrected chi connectivity index (χ4v) is 0.612. The molecule has 0 aliphatic carbocycles. The third kappa shape index (κ3) is 3.87. The van der Waals surface area contributed by atoms with Gasteiger partial charge in [-0.2, -0.15) is 0 Å². The molecule has 0 aliphatic rings. The second kappa shape index (κ2) is 4.20. The van der Waals surface area contributed by atoms with Crippen LogP contribution in [0.4, 0.5) is 0 Å². The largest absolute Gasteiger partial charge is 0.118 e. The van der Waals surface area contributed by atoms with Crippen molar-refractivity contribution < 1.29 is 0 Å². The van der Waals surface area contributed by atoms with E-state index >= 15 is 0 Å². The van der Waals surface area contributed by atoms with Gasteiger partial charge < -0.3 is 0 Å². The first kappa shape index (κ1) is 7.03. The van der Waals surface area contributed by atoms with Crippen molar-refractivity contribution in [3.63, 3.8) is 0 Å². The number of hydrogen-bond acceptors (Lipinski definition) is 0. The molecule has 0 spiro atoms. The summed E-state index contributed by atoms with van der Waals surface area (Å²) in [5, 5.41) is 0.185. The molecule has 0 aromatic rings. The number of rotatable bonds is 3. The lowest BCUT2D eigenvalue weighted by Gasteiger charge is -1.95. The van der Waals surface area contributed by atoms with E-state index in [4.69, 9.17) is 11.6 Å². The number of allylic oxidation sites excluding steroid dienone is 1. The third-order valence-electron chi connectivity index (χ3n) is 0.820. The van der Waals surface area contributed by atoms with Gasteiger partial charge in [0.2, 0.25) is 0 Å². The lowest BCUT2D eigenvalue weighted by molar-refractivity contribution is 0.822. The van der Waals surface area contributed by atoms with Crippen LogP contribution < -0.4 is 0 Å². The van der Waals surface area contributed by atoms with E-state index in [2.05, 4.69) is 13.5 Å². The van der Waals surface area contributed by atoms with Gasteiger partial charge in [0, 0.05) is 0 Å². The second-order valence-corrected chi connectivity index (χ2v) is 2.10. The van der Waals surface area contributed by atoms with E-state index < -0.39 is 0 Å². The Hall–Kier alpha value is 0.0300. The lowest BCUT2D eigenvalue weighted by Crippen LogP contribution is -1.88. The maximum absolute atomic E-state index is 5.65. The minimum atomic E-state index is 0.185. The van der Waals surface area contributed by atoms with Gasteiger partial charge in [0.25, 0.3) is 0 Å². The first-order valence-corrected chi connectivity index (χ1v) is 3.01. The van der Waals surface area contributed by atoms with Gasteiger partial charge >= 0.3 is 0 Å². The van der Waals surface area contributed by atoms with E-state index in [1.807, 2.05) is 0 Å². The number of halogens is 1. The van der Waals surface area contributed by atoms with Crippen LogP contribution in [-0.2, 0) is 0 Å². The van der Waals surface area contributed by atoms with Crippen molar-refractivity contribution in [1.29, 1.82) is 0 Å². The van der Waals surface area contributed by atoms with Crippen LogP contribution in [0.2, 0.25) is 0 Å². The summed E-state index contributed by atoms with van der Waals surface area (Å²) in [7, 11) is 0. The Bertz CT molecular complexity index is 50.1. The van der Waals surface area contributed by atoms with Crippen molar-refractivity contribution in [3.05, 3.63) is 12.7 Å². The molecule has 0 bridgehead atoms. The lowest BCUT2D eigenvalue weighted by atomic mass is 10.2. The summed E-state index contributed by atoms with van der Waals surface area (Å²) < 4.78 is 0. The molecule has 0 rings (SSSR count). The molecule has 42 valence electrons. The van der Waals surface area contributed by atoms with Crippen LogP contribution >= 0.6 is 11.6 Å². The normalized spacial score (nSPS) is 13.4. The smallest absolute Gasteiger partial charge is 0.0513 e. The Balaban J connectivity index is 2.98. The monoisotopic (exact) mass is 118 g/mol. The predicted molar refractivity (Wildman–Crippen MR) is 34.7 cm³/mol. The molecule has 0 aromatic carbocycles. The van der Waals surface area contributed by atoms with Gasteiger partial charge in [-0.05, 0) is 6.42 Å². The first-order valence-electron chi connectivity index (χ1n) is 2.58. The molecule has 0 aliphatic heterocycles. The zero-order valence-electron chi connectivity index (χ0n) is 4.65. The third-order valence-corrected chi connectivity index (χ3v) is 1.22. The van der Waals surface area contributed by atoms with Crippen molar-refractivity contribution in [2.24, 2.45) is 0 Å². The van der Waals surface area contributed by atoms with E-state index in [0.29, 0.717) is 0 Å². The van der Waals surface area contributed by atoms with Crippen LogP contribution in [0.5, 0.6) is 0 Å². The average Bonchev–Trinajstić information content (AvgIpc) is 1.68. The van der Waals surface area contributed by atoms with Crippen LogP contribution in [0, 0.1) is 0 Å². The fraction of sp³-hybridized carbons (Fsp3) is 0.667. The summed E-state index contributed by atoms with van der Waals surface area (Å²) in [5.41, 5.74) is 0. The maximum Gasteiger partial charge on any atom is 0.0513 e. The van der Waals surface area contributed by atoms with E-state index in [-0.39, 0.29) is 5.38 Å². The zero-order valence-corrected chi connectivity index (χ0v) is 5.41. The highest BCUT2D eigenvalue weighted by molar-refractivity contribution is 6.21. The molecule has 0 amide bonds. The van der Waals surface area contributed by atoms with Crippen LogP contribution in [0.25, 0.3) is 0 Å². The van der Waals surface area contributed by atoms with Crippen molar-refractivity contribution in [2.75, 3.05) is 0 Å². The van der Waals surface area contributed by atoms with Gasteiger partial charge in [0.05, 0.1) is 5.38 Å². The summed E-state index contributed by atoms with van der Waals surface area (Å²) in [6.45, 7) is 5.66. The summed E-state index contributed by atoms with van der Waals surface area (Å²) in [6, 6.07) is 0. The topological polar surface area (TPSA) is 0 Å². The Morgan fingerprint density at radius 3 is 2.57 bits per heavy atom. The van der Waals surface area contributed by atoms with E-state index in [9.17, 15) is 0 Å². The van der Waals surface area contributed by atoms with Gasteiger partial charge in [-0.1, -0.05) is 19.4 Å². The quantitative estimate of drug-likeness (QED) is 0.395. The van der Waals surface area contributed by atoms with E-state index in [0.717, 1.165) is 12.8 Å². The molecule has 0 saturated carbocycles. The van der Waals surface area contributed by atoms with E-state index in [1.54, 1.807) is 6.08 Å². The van der Waals surface area contributed by atoms with Crippen molar-refractivity contribution >= 4 is 11.6 Å². The molecule has 0 saturated heterocycles. The highest BCUT2D eigenvalue weighted by Crippen LogP contribution is 2.03. The standard InChI is InChI=1S/C6H11Cl/c1-3-5-6(7)4-2/h4,6H,2-3,5H2,1H3. The fourth-order valence-electron chi connectivity index (χ4n) is 0.394. The molecular weight excluding hydrogens is 108 g/mol. The summed E-state index contributed by atoms with van der Waals surface area (Å²) in [6.07, 6.45) is 3.95. The molecule has 1 unspecified atom stereocenters. The van der Waals surface area contributed by atoms with Crippen molar-refractivity contribution in [3.8, 4) is 0 Å². The Morgan fingerprint density at radius 2 is 2.43 bits per heavy atom. The van der Waals surface area contributed by atoms with Crippen LogP contribution in [0.15, 0.2) is 12.7 Å².